The lowest BCUT2D eigenvalue weighted by Crippen LogP contribution is -2.39. The highest BCUT2D eigenvalue weighted by molar-refractivity contribution is 7.80. The Hall–Kier alpha value is -1.16. The molecule has 1 fully saturated rings. The molecule has 3 nitrogen and oxygen atoms in total. The van der Waals surface area contributed by atoms with Gasteiger partial charge in [0.1, 0.15) is 10.7 Å². The van der Waals surface area contributed by atoms with Gasteiger partial charge < -0.3 is 10.6 Å². The minimum Gasteiger partial charge on any atom is -0.388 e. The van der Waals surface area contributed by atoms with Gasteiger partial charge in [-0.2, -0.15) is 0 Å². The summed E-state index contributed by atoms with van der Waals surface area (Å²) in [5, 5.41) is 0. The first-order chi connectivity index (χ1) is 8.08. The summed E-state index contributed by atoms with van der Waals surface area (Å²) in [6.07, 6.45) is 3.04. The number of anilines is 1. The summed E-state index contributed by atoms with van der Waals surface area (Å²) in [4.78, 5) is 7.04. The molecule has 2 heterocycles. The van der Waals surface area contributed by atoms with Crippen molar-refractivity contribution in [2.45, 2.75) is 20.3 Å². The first-order valence-corrected chi connectivity index (χ1v) is 6.48. The maximum atomic E-state index is 5.73. The van der Waals surface area contributed by atoms with Crippen molar-refractivity contribution in [3.8, 4) is 0 Å². The maximum absolute atomic E-state index is 5.73. The van der Waals surface area contributed by atoms with Gasteiger partial charge in [-0.25, -0.2) is 0 Å². The van der Waals surface area contributed by atoms with Crippen LogP contribution >= 0.6 is 12.2 Å². The number of piperidine rings is 1. The molecule has 17 heavy (non-hydrogen) atoms. The van der Waals surface area contributed by atoms with Crippen molar-refractivity contribution in [2.75, 3.05) is 18.0 Å². The molecule has 4 heteroatoms. The minimum atomic E-state index is 0.381. The fourth-order valence-electron chi connectivity index (χ4n) is 2.70. The zero-order valence-electron chi connectivity index (χ0n) is 10.4. The molecule has 1 aliphatic rings. The van der Waals surface area contributed by atoms with E-state index in [2.05, 4.69) is 29.8 Å². The van der Waals surface area contributed by atoms with E-state index in [4.69, 9.17) is 18.0 Å². The van der Waals surface area contributed by atoms with Crippen molar-refractivity contribution in [1.29, 1.82) is 0 Å². The number of hydrogen-bond donors (Lipinski definition) is 1. The number of rotatable bonds is 2. The van der Waals surface area contributed by atoms with Gasteiger partial charge in [0.15, 0.2) is 0 Å². The lowest BCUT2D eigenvalue weighted by atomic mass is 9.91. The molecule has 0 aliphatic carbocycles. The van der Waals surface area contributed by atoms with E-state index in [9.17, 15) is 0 Å². The number of nitrogens with zero attached hydrogens (tertiary/aromatic N) is 2. The molecular formula is C13H19N3S. The van der Waals surface area contributed by atoms with Crippen LogP contribution in [0.5, 0.6) is 0 Å². The van der Waals surface area contributed by atoms with E-state index in [0.717, 1.165) is 24.5 Å². The smallest absolute Gasteiger partial charge is 0.124 e. The van der Waals surface area contributed by atoms with E-state index in [1.807, 2.05) is 6.07 Å². The molecule has 0 radical (unpaired) electrons. The fraction of sp³-hybridized carbons (Fsp3) is 0.538. The molecule has 92 valence electrons. The average molecular weight is 249 g/mol. The van der Waals surface area contributed by atoms with Gasteiger partial charge in [-0.3, -0.25) is 4.98 Å². The van der Waals surface area contributed by atoms with Gasteiger partial charge in [0, 0.05) is 19.3 Å². The summed E-state index contributed by atoms with van der Waals surface area (Å²) in [7, 11) is 0. The second-order valence-corrected chi connectivity index (χ2v) is 5.53. The van der Waals surface area contributed by atoms with Gasteiger partial charge in [0.05, 0.1) is 5.69 Å². The number of nitrogens with two attached hydrogens (primary N) is 1. The molecular weight excluding hydrogens is 230 g/mol. The zero-order chi connectivity index (χ0) is 12.4. The van der Waals surface area contributed by atoms with Crippen LogP contribution in [0.15, 0.2) is 18.3 Å². The number of aromatic nitrogens is 1. The summed E-state index contributed by atoms with van der Waals surface area (Å²) in [6.45, 7) is 6.70. The molecule has 1 aromatic heterocycles. The molecule has 1 aliphatic heterocycles. The first-order valence-electron chi connectivity index (χ1n) is 6.07. The van der Waals surface area contributed by atoms with Gasteiger partial charge in [-0.05, 0) is 30.4 Å². The molecule has 0 aromatic carbocycles. The van der Waals surface area contributed by atoms with Crippen molar-refractivity contribution >= 4 is 22.9 Å². The average Bonchev–Trinajstić information content (AvgIpc) is 2.27. The van der Waals surface area contributed by atoms with E-state index < -0.39 is 0 Å². The number of pyridine rings is 1. The van der Waals surface area contributed by atoms with Crippen molar-refractivity contribution in [2.24, 2.45) is 17.6 Å². The van der Waals surface area contributed by atoms with E-state index >= 15 is 0 Å². The fourth-order valence-corrected chi connectivity index (χ4v) is 2.86. The monoisotopic (exact) mass is 249 g/mol. The van der Waals surface area contributed by atoms with E-state index in [1.54, 1.807) is 6.20 Å². The lowest BCUT2D eigenvalue weighted by molar-refractivity contribution is 0.356. The summed E-state index contributed by atoms with van der Waals surface area (Å²) in [6, 6.07) is 4.01. The molecule has 2 N–H and O–H groups in total. The first kappa shape index (κ1) is 12.3. The Bertz CT molecular complexity index is 409. The molecule has 2 unspecified atom stereocenters. The standard InChI is InChI=1S/C13H19N3S/c1-9-6-10(2)8-16(7-9)11-4-3-5-15-12(11)13(14)17/h3-5,9-10H,6-8H2,1-2H3,(H2,14,17). The van der Waals surface area contributed by atoms with E-state index in [-0.39, 0.29) is 0 Å². The van der Waals surface area contributed by atoms with Crippen molar-refractivity contribution in [1.82, 2.24) is 4.98 Å². The number of hydrogen-bond acceptors (Lipinski definition) is 3. The molecule has 0 saturated carbocycles. The third-order valence-electron chi connectivity index (χ3n) is 3.23. The highest BCUT2D eigenvalue weighted by atomic mass is 32.1. The molecule has 2 rings (SSSR count). The van der Waals surface area contributed by atoms with Crippen molar-refractivity contribution in [3.63, 3.8) is 0 Å². The van der Waals surface area contributed by atoms with Crippen LogP contribution < -0.4 is 10.6 Å². The Labute approximate surface area is 108 Å². The summed E-state index contributed by atoms with van der Waals surface area (Å²) >= 11 is 5.07. The second kappa shape index (κ2) is 5.00. The van der Waals surface area contributed by atoms with Gasteiger partial charge in [0.2, 0.25) is 0 Å². The summed E-state index contributed by atoms with van der Waals surface area (Å²) in [5.41, 5.74) is 7.57. The molecule has 0 bridgehead atoms. The number of thiocarbonyl (C=S) groups is 1. The Kier molecular flexibility index (Phi) is 3.62. The van der Waals surface area contributed by atoms with E-state index in [1.165, 1.54) is 6.42 Å². The summed E-state index contributed by atoms with van der Waals surface area (Å²) in [5.74, 6) is 1.41. The Balaban J connectivity index is 2.30. The predicted molar refractivity (Wildman–Crippen MR) is 75.3 cm³/mol. The molecule has 1 saturated heterocycles. The van der Waals surface area contributed by atoms with Crippen molar-refractivity contribution < 1.29 is 0 Å². The van der Waals surface area contributed by atoms with Crippen LogP contribution in [0.3, 0.4) is 0 Å². The third kappa shape index (κ3) is 2.75. The van der Waals surface area contributed by atoms with Gasteiger partial charge in [0.25, 0.3) is 0 Å². The lowest BCUT2D eigenvalue weighted by Gasteiger charge is -2.37. The molecule has 0 amide bonds. The largest absolute Gasteiger partial charge is 0.388 e. The molecule has 1 aromatic rings. The van der Waals surface area contributed by atoms with Gasteiger partial charge >= 0.3 is 0 Å². The van der Waals surface area contributed by atoms with Crippen LogP contribution in [-0.4, -0.2) is 23.1 Å². The van der Waals surface area contributed by atoms with Gasteiger partial charge in [-0.15, -0.1) is 0 Å². The topological polar surface area (TPSA) is 42.2 Å². The minimum absolute atomic E-state index is 0.381. The Morgan fingerprint density at radius 1 is 1.41 bits per heavy atom. The van der Waals surface area contributed by atoms with Crippen LogP contribution in [0.4, 0.5) is 5.69 Å². The zero-order valence-corrected chi connectivity index (χ0v) is 11.2. The highest BCUT2D eigenvalue weighted by Gasteiger charge is 2.24. The molecule has 2 atom stereocenters. The van der Waals surface area contributed by atoms with Crippen LogP contribution in [-0.2, 0) is 0 Å². The second-order valence-electron chi connectivity index (χ2n) is 5.09. The Morgan fingerprint density at radius 3 is 2.65 bits per heavy atom. The maximum Gasteiger partial charge on any atom is 0.124 e. The predicted octanol–water partition coefficient (Wildman–Crippen LogP) is 2.20. The SMILES string of the molecule is CC1CC(C)CN(c2cccnc2C(N)=S)C1. The highest BCUT2D eigenvalue weighted by Crippen LogP contribution is 2.27. The van der Waals surface area contributed by atoms with Gasteiger partial charge in [-0.1, -0.05) is 26.1 Å². The quantitative estimate of drug-likeness (QED) is 0.816. The van der Waals surface area contributed by atoms with Crippen molar-refractivity contribution in [3.05, 3.63) is 24.0 Å². The van der Waals surface area contributed by atoms with Crippen LogP contribution in [0.2, 0.25) is 0 Å². The molecule has 0 spiro atoms. The summed E-state index contributed by atoms with van der Waals surface area (Å²) < 4.78 is 0. The normalized spacial score (nSPS) is 24.7. The van der Waals surface area contributed by atoms with E-state index in [0.29, 0.717) is 16.8 Å². The van der Waals surface area contributed by atoms with Crippen LogP contribution in [0.25, 0.3) is 0 Å². The third-order valence-corrected chi connectivity index (χ3v) is 3.42. The van der Waals surface area contributed by atoms with Crippen LogP contribution in [0.1, 0.15) is 26.0 Å². The van der Waals surface area contributed by atoms with Crippen LogP contribution in [0, 0.1) is 11.8 Å². The Morgan fingerprint density at radius 2 is 2.06 bits per heavy atom.